The molecule has 5 nitrogen and oxygen atoms in total. The Morgan fingerprint density at radius 2 is 2.17 bits per heavy atom. The Morgan fingerprint density at radius 1 is 1.39 bits per heavy atom. The summed E-state index contributed by atoms with van der Waals surface area (Å²) in [5, 5.41) is 13.1. The molecule has 0 saturated heterocycles. The highest BCUT2D eigenvalue weighted by molar-refractivity contribution is 8.00. The maximum Gasteiger partial charge on any atom is 0.235 e. The van der Waals surface area contributed by atoms with Crippen molar-refractivity contribution in [3.63, 3.8) is 0 Å². The zero-order valence-electron chi connectivity index (χ0n) is 12.5. The van der Waals surface area contributed by atoms with Gasteiger partial charge in [-0.3, -0.25) is 0 Å². The Bertz CT molecular complexity index is 812. The lowest BCUT2D eigenvalue weighted by Gasteiger charge is -2.11. The fraction of sp³-hybridized carbons (Fsp3) is 0.357. The Morgan fingerprint density at radius 3 is 2.87 bits per heavy atom. The summed E-state index contributed by atoms with van der Waals surface area (Å²) >= 11 is 8.85. The average Bonchev–Trinajstić information content (AvgIpc) is 3.05. The largest absolute Gasteiger partial charge is 0.321 e. The molecule has 0 spiro atoms. The molecule has 1 atom stereocenters. The van der Waals surface area contributed by atoms with Gasteiger partial charge in [0.2, 0.25) is 4.96 Å². The molecule has 2 aromatic heterocycles. The van der Waals surface area contributed by atoms with Gasteiger partial charge < -0.3 is 5.73 Å². The van der Waals surface area contributed by atoms with Crippen LogP contribution in [0.3, 0.4) is 0 Å². The maximum absolute atomic E-state index is 13.8. The molecule has 122 valence electrons. The van der Waals surface area contributed by atoms with Gasteiger partial charge in [-0.2, -0.15) is 4.52 Å². The van der Waals surface area contributed by atoms with Crippen LogP contribution in [0.2, 0.25) is 5.02 Å². The summed E-state index contributed by atoms with van der Waals surface area (Å²) in [4.78, 5) is 0.679. The van der Waals surface area contributed by atoms with Crippen molar-refractivity contribution >= 4 is 39.7 Å². The van der Waals surface area contributed by atoms with Gasteiger partial charge in [0.15, 0.2) is 10.2 Å². The van der Waals surface area contributed by atoms with E-state index in [0.717, 1.165) is 4.34 Å². The van der Waals surface area contributed by atoms with Gasteiger partial charge in [-0.1, -0.05) is 54.6 Å². The van der Waals surface area contributed by atoms with E-state index < -0.39 is 0 Å². The number of hydrogen-bond acceptors (Lipinski definition) is 6. The van der Waals surface area contributed by atoms with Crippen LogP contribution >= 0.6 is 34.7 Å². The summed E-state index contributed by atoms with van der Waals surface area (Å²) in [7, 11) is 0. The van der Waals surface area contributed by atoms with E-state index in [0.29, 0.717) is 27.1 Å². The van der Waals surface area contributed by atoms with Gasteiger partial charge in [-0.15, -0.1) is 15.3 Å². The molecule has 3 rings (SSSR count). The van der Waals surface area contributed by atoms with Crippen LogP contribution in [0.25, 0.3) is 4.96 Å². The minimum absolute atomic E-state index is 0.231. The molecule has 0 unspecified atom stereocenters. The number of fused-ring (bicyclic) bond motifs is 1. The van der Waals surface area contributed by atoms with Crippen molar-refractivity contribution in [3.8, 4) is 0 Å². The molecule has 2 heterocycles. The van der Waals surface area contributed by atoms with Gasteiger partial charge in [-0.05, 0) is 18.1 Å². The number of hydrogen-bond donors (Lipinski definition) is 1. The summed E-state index contributed by atoms with van der Waals surface area (Å²) < 4.78 is 16.2. The molecule has 0 aliphatic heterocycles. The third-order valence-corrected chi connectivity index (χ3v) is 5.83. The second-order valence-electron chi connectivity index (χ2n) is 5.38. The molecular weight excluding hydrogens is 357 g/mol. The Hall–Kier alpha value is -1.22. The van der Waals surface area contributed by atoms with Crippen molar-refractivity contribution in [2.75, 3.05) is 0 Å². The van der Waals surface area contributed by atoms with Gasteiger partial charge in [-0.25, -0.2) is 4.39 Å². The number of thioether (sulfide) groups is 1. The number of nitrogens with two attached hydrogens (primary N) is 1. The molecule has 2 N–H and O–H groups in total. The zero-order valence-corrected chi connectivity index (χ0v) is 14.9. The SMILES string of the molecule is CC(C)[C@H](N)c1nnc2sc(SCc3c(F)cccc3Cl)nn12. The molecule has 0 amide bonds. The van der Waals surface area contributed by atoms with Crippen molar-refractivity contribution in [2.45, 2.75) is 30.0 Å². The van der Waals surface area contributed by atoms with E-state index in [4.69, 9.17) is 17.3 Å². The third-order valence-electron chi connectivity index (χ3n) is 3.41. The van der Waals surface area contributed by atoms with E-state index in [1.807, 2.05) is 13.8 Å². The number of rotatable bonds is 5. The molecule has 9 heteroatoms. The van der Waals surface area contributed by atoms with Crippen LogP contribution in [0.15, 0.2) is 22.5 Å². The molecule has 3 aromatic rings. The number of nitrogens with zero attached hydrogens (tertiary/aromatic N) is 4. The number of benzene rings is 1. The minimum atomic E-state index is -0.310. The first-order chi connectivity index (χ1) is 11.0. The molecule has 0 fully saturated rings. The molecular formula is C14H15ClFN5S2. The molecule has 0 aliphatic rings. The number of halogens is 2. The monoisotopic (exact) mass is 371 g/mol. The minimum Gasteiger partial charge on any atom is -0.321 e. The van der Waals surface area contributed by atoms with Gasteiger partial charge in [0, 0.05) is 16.3 Å². The first-order valence-electron chi connectivity index (χ1n) is 7.00. The lowest BCUT2D eigenvalue weighted by molar-refractivity contribution is 0.479. The highest BCUT2D eigenvalue weighted by atomic mass is 35.5. The maximum atomic E-state index is 13.8. The van der Waals surface area contributed by atoms with Crippen LogP contribution in [0.4, 0.5) is 4.39 Å². The van der Waals surface area contributed by atoms with Crippen LogP contribution in [-0.2, 0) is 5.75 Å². The van der Waals surface area contributed by atoms with Crippen LogP contribution in [0.5, 0.6) is 0 Å². The summed E-state index contributed by atoms with van der Waals surface area (Å²) in [6.45, 7) is 4.04. The second-order valence-corrected chi connectivity index (χ2v) is 7.96. The summed E-state index contributed by atoms with van der Waals surface area (Å²) in [5.41, 5.74) is 6.61. The third kappa shape index (κ3) is 3.35. The van der Waals surface area contributed by atoms with Crippen molar-refractivity contribution in [3.05, 3.63) is 40.4 Å². The Kier molecular flexibility index (Phi) is 4.86. The standard InChI is InChI=1S/C14H15ClFN5S2/c1-7(2)11(17)12-18-19-13-21(12)20-14(23-13)22-6-8-9(15)4-3-5-10(8)16/h3-5,7,11H,6,17H2,1-2H3/t11-/m0/s1. The van der Waals surface area contributed by atoms with Crippen molar-refractivity contribution in [1.29, 1.82) is 0 Å². The van der Waals surface area contributed by atoms with E-state index in [1.54, 1.807) is 16.6 Å². The second kappa shape index (κ2) is 6.72. The summed E-state index contributed by atoms with van der Waals surface area (Å²) in [5.74, 6) is 0.969. The van der Waals surface area contributed by atoms with E-state index in [-0.39, 0.29) is 17.8 Å². The fourth-order valence-electron chi connectivity index (χ4n) is 1.98. The van der Waals surface area contributed by atoms with Crippen LogP contribution in [0, 0.1) is 11.7 Å². The van der Waals surface area contributed by atoms with Gasteiger partial charge in [0.05, 0.1) is 6.04 Å². The summed E-state index contributed by atoms with van der Waals surface area (Å²) in [6.07, 6.45) is 0. The molecule has 0 aliphatic carbocycles. The van der Waals surface area contributed by atoms with Crippen LogP contribution < -0.4 is 5.73 Å². The van der Waals surface area contributed by atoms with E-state index >= 15 is 0 Å². The first-order valence-corrected chi connectivity index (χ1v) is 9.18. The normalized spacial score (nSPS) is 13.1. The predicted molar refractivity (Wildman–Crippen MR) is 91.4 cm³/mol. The lowest BCUT2D eigenvalue weighted by Crippen LogP contribution is -2.20. The molecule has 23 heavy (non-hydrogen) atoms. The van der Waals surface area contributed by atoms with Crippen LogP contribution in [0.1, 0.15) is 31.3 Å². The number of aromatic nitrogens is 4. The van der Waals surface area contributed by atoms with Crippen LogP contribution in [-0.4, -0.2) is 19.8 Å². The molecule has 0 bridgehead atoms. The van der Waals surface area contributed by atoms with Gasteiger partial charge in [0.1, 0.15) is 5.82 Å². The van der Waals surface area contributed by atoms with E-state index in [1.165, 1.54) is 29.2 Å². The quantitative estimate of drug-likeness (QED) is 0.688. The van der Waals surface area contributed by atoms with Crippen molar-refractivity contribution < 1.29 is 4.39 Å². The lowest BCUT2D eigenvalue weighted by atomic mass is 10.1. The topological polar surface area (TPSA) is 69.1 Å². The average molecular weight is 372 g/mol. The highest BCUT2D eigenvalue weighted by Crippen LogP contribution is 2.31. The highest BCUT2D eigenvalue weighted by Gasteiger charge is 2.20. The zero-order chi connectivity index (χ0) is 16.6. The smallest absolute Gasteiger partial charge is 0.235 e. The van der Waals surface area contributed by atoms with Gasteiger partial charge in [0.25, 0.3) is 0 Å². The Labute approximate surface area is 146 Å². The molecule has 0 saturated carbocycles. The van der Waals surface area contributed by atoms with E-state index in [9.17, 15) is 4.39 Å². The van der Waals surface area contributed by atoms with Crippen molar-refractivity contribution in [1.82, 2.24) is 19.8 Å². The Balaban J connectivity index is 1.82. The molecule has 1 aromatic carbocycles. The summed E-state index contributed by atoms with van der Waals surface area (Å²) in [6, 6.07) is 4.44. The van der Waals surface area contributed by atoms with Gasteiger partial charge >= 0.3 is 0 Å². The fourth-order valence-corrected chi connectivity index (χ4v) is 4.21. The predicted octanol–water partition coefficient (Wildman–Crippen LogP) is 3.93. The van der Waals surface area contributed by atoms with Crippen molar-refractivity contribution in [2.24, 2.45) is 11.7 Å². The van der Waals surface area contributed by atoms with E-state index in [2.05, 4.69) is 15.3 Å². The molecule has 0 radical (unpaired) electrons. The first kappa shape index (κ1) is 16.6.